The zero-order valence-corrected chi connectivity index (χ0v) is 13.9. The summed E-state index contributed by atoms with van der Waals surface area (Å²) in [4.78, 5) is 22.3. The van der Waals surface area contributed by atoms with E-state index in [1.165, 1.54) is 17.7 Å². The molecule has 0 spiro atoms. The summed E-state index contributed by atoms with van der Waals surface area (Å²) >= 11 is 0. The number of nitrogens with zero attached hydrogens (tertiary/aromatic N) is 2. The van der Waals surface area contributed by atoms with Gasteiger partial charge in [-0.25, -0.2) is 4.98 Å². The van der Waals surface area contributed by atoms with Crippen molar-refractivity contribution in [2.75, 3.05) is 18.0 Å². The number of para-hydroxylation sites is 1. The Morgan fingerprint density at radius 2 is 2.08 bits per heavy atom. The number of hydrogen-bond acceptors (Lipinski definition) is 3. The summed E-state index contributed by atoms with van der Waals surface area (Å²) in [5.41, 5.74) is 4.32. The van der Waals surface area contributed by atoms with Crippen LogP contribution in [0, 0.1) is 0 Å². The minimum Gasteiger partial charge on any atom is -0.371 e. The number of nitrogens with one attached hydrogen (secondary N) is 1. The van der Waals surface area contributed by atoms with Crippen molar-refractivity contribution in [1.29, 1.82) is 0 Å². The lowest BCUT2D eigenvalue weighted by Gasteiger charge is -2.31. The second-order valence-corrected chi connectivity index (χ2v) is 6.37. The molecule has 4 nitrogen and oxygen atoms in total. The SMILES string of the molecule is CCCN1CCCc2cc(-c3nc4ccccc4c(=O)[nH]3)ccc21. The van der Waals surface area contributed by atoms with Crippen molar-refractivity contribution in [2.24, 2.45) is 0 Å². The van der Waals surface area contributed by atoms with Crippen LogP contribution >= 0.6 is 0 Å². The maximum absolute atomic E-state index is 12.3. The Hall–Kier alpha value is -2.62. The lowest BCUT2D eigenvalue weighted by molar-refractivity contribution is 0.681. The van der Waals surface area contributed by atoms with Crippen molar-refractivity contribution in [1.82, 2.24) is 9.97 Å². The maximum Gasteiger partial charge on any atom is 0.259 e. The van der Waals surface area contributed by atoms with Gasteiger partial charge in [0.1, 0.15) is 5.82 Å². The molecule has 1 N–H and O–H groups in total. The third kappa shape index (κ3) is 2.58. The van der Waals surface area contributed by atoms with Gasteiger partial charge in [-0.15, -0.1) is 0 Å². The number of anilines is 1. The first-order valence-corrected chi connectivity index (χ1v) is 8.63. The standard InChI is InChI=1S/C20H21N3O/c1-2-11-23-12-5-6-14-13-15(9-10-18(14)23)19-21-17-8-4-3-7-16(17)20(24)22-19/h3-4,7-10,13H,2,5-6,11-12H2,1H3,(H,21,22,24). The summed E-state index contributed by atoms with van der Waals surface area (Å²) in [5.74, 6) is 0.647. The maximum atomic E-state index is 12.3. The van der Waals surface area contributed by atoms with Crippen LogP contribution in [0.4, 0.5) is 5.69 Å². The molecule has 122 valence electrons. The van der Waals surface area contributed by atoms with E-state index in [1.807, 2.05) is 18.2 Å². The molecular weight excluding hydrogens is 298 g/mol. The number of H-pyrrole nitrogens is 1. The Morgan fingerprint density at radius 3 is 2.96 bits per heavy atom. The van der Waals surface area contributed by atoms with Gasteiger partial charge in [0.25, 0.3) is 5.56 Å². The molecular formula is C20H21N3O. The third-order valence-corrected chi connectivity index (χ3v) is 4.67. The van der Waals surface area contributed by atoms with Gasteiger partial charge in [0.05, 0.1) is 10.9 Å². The van der Waals surface area contributed by atoms with E-state index in [0.717, 1.165) is 37.0 Å². The van der Waals surface area contributed by atoms with Crippen LogP contribution in [-0.2, 0) is 6.42 Å². The molecule has 0 bridgehead atoms. The van der Waals surface area contributed by atoms with Crippen LogP contribution in [0.5, 0.6) is 0 Å². The summed E-state index contributed by atoms with van der Waals surface area (Å²) in [5, 5.41) is 0.633. The summed E-state index contributed by atoms with van der Waals surface area (Å²) < 4.78 is 0. The van der Waals surface area contributed by atoms with E-state index < -0.39 is 0 Å². The van der Waals surface area contributed by atoms with Gasteiger partial charge >= 0.3 is 0 Å². The van der Waals surface area contributed by atoms with Crippen molar-refractivity contribution < 1.29 is 0 Å². The van der Waals surface area contributed by atoms with E-state index in [0.29, 0.717) is 11.2 Å². The van der Waals surface area contributed by atoms with Crippen LogP contribution in [0.15, 0.2) is 47.3 Å². The summed E-state index contributed by atoms with van der Waals surface area (Å²) in [6, 6.07) is 13.9. The Bertz CT molecular complexity index is 945. The Balaban J connectivity index is 1.79. The Kier molecular flexibility index (Phi) is 3.81. The number of aromatic nitrogens is 2. The highest BCUT2D eigenvalue weighted by Gasteiger charge is 2.17. The first-order chi connectivity index (χ1) is 11.8. The number of fused-ring (bicyclic) bond motifs is 2. The molecule has 1 aliphatic rings. The van der Waals surface area contributed by atoms with E-state index in [-0.39, 0.29) is 5.56 Å². The van der Waals surface area contributed by atoms with E-state index in [2.05, 4.69) is 40.0 Å². The fraction of sp³-hybridized carbons (Fsp3) is 0.300. The molecule has 0 unspecified atom stereocenters. The quantitative estimate of drug-likeness (QED) is 0.800. The molecule has 2 aromatic carbocycles. The molecule has 0 fully saturated rings. The lowest BCUT2D eigenvalue weighted by Crippen LogP contribution is -2.29. The molecule has 1 aliphatic heterocycles. The van der Waals surface area contributed by atoms with Crippen LogP contribution in [0.3, 0.4) is 0 Å². The summed E-state index contributed by atoms with van der Waals surface area (Å²) in [7, 11) is 0. The second-order valence-electron chi connectivity index (χ2n) is 6.37. The molecule has 0 saturated heterocycles. The molecule has 24 heavy (non-hydrogen) atoms. The van der Waals surface area contributed by atoms with E-state index in [1.54, 1.807) is 6.07 Å². The highest BCUT2D eigenvalue weighted by molar-refractivity contribution is 5.79. The van der Waals surface area contributed by atoms with Crippen LogP contribution in [-0.4, -0.2) is 23.1 Å². The van der Waals surface area contributed by atoms with Crippen molar-refractivity contribution >= 4 is 16.6 Å². The normalized spacial score (nSPS) is 14.0. The highest BCUT2D eigenvalue weighted by atomic mass is 16.1. The molecule has 4 heteroatoms. The molecule has 0 saturated carbocycles. The Labute approximate surface area is 141 Å². The first kappa shape index (κ1) is 14.9. The largest absolute Gasteiger partial charge is 0.371 e. The van der Waals surface area contributed by atoms with Crippen LogP contribution in [0.1, 0.15) is 25.3 Å². The number of hydrogen-bond donors (Lipinski definition) is 1. The average molecular weight is 319 g/mol. The van der Waals surface area contributed by atoms with E-state index in [9.17, 15) is 4.79 Å². The fourth-order valence-electron chi connectivity index (χ4n) is 3.55. The van der Waals surface area contributed by atoms with Crippen molar-refractivity contribution in [3.63, 3.8) is 0 Å². The van der Waals surface area contributed by atoms with Gasteiger partial charge in [-0.1, -0.05) is 19.1 Å². The molecule has 0 amide bonds. The molecule has 1 aromatic heterocycles. The van der Waals surface area contributed by atoms with Gasteiger partial charge in [0.15, 0.2) is 0 Å². The Morgan fingerprint density at radius 1 is 1.21 bits per heavy atom. The molecule has 0 atom stereocenters. The number of benzene rings is 2. The molecule has 0 radical (unpaired) electrons. The van der Waals surface area contributed by atoms with E-state index >= 15 is 0 Å². The fourth-order valence-corrected chi connectivity index (χ4v) is 3.55. The average Bonchev–Trinajstić information content (AvgIpc) is 2.62. The number of aromatic amines is 1. The number of aryl methyl sites for hydroxylation is 1. The van der Waals surface area contributed by atoms with Crippen LogP contribution < -0.4 is 10.5 Å². The molecule has 0 aliphatic carbocycles. The summed E-state index contributed by atoms with van der Waals surface area (Å²) in [6.07, 6.45) is 3.42. The van der Waals surface area contributed by atoms with Crippen LogP contribution in [0.2, 0.25) is 0 Å². The lowest BCUT2D eigenvalue weighted by atomic mass is 9.98. The van der Waals surface area contributed by atoms with Gasteiger partial charge in [-0.3, -0.25) is 4.79 Å². The number of rotatable bonds is 3. The van der Waals surface area contributed by atoms with Gasteiger partial charge in [0, 0.05) is 24.3 Å². The highest BCUT2D eigenvalue weighted by Crippen LogP contribution is 2.30. The third-order valence-electron chi connectivity index (χ3n) is 4.67. The van der Waals surface area contributed by atoms with Crippen molar-refractivity contribution in [2.45, 2.75) is 26.2 Å². The van der Waals surface area contributed by atoms with Gasteiger partial charge < -0.3 is 9.88 Å². The van der Waals surface area contributed by atoms with Gasteiger partial charge in [0.2, 0.25) is 0 Å². The predicted octanol–water partition coefficient (Wildman–Crippen LogP) is 3.75. The topological polar surface area (TPSA) is 49.0 Å². The zero-order chi connectivity index (χ0) is 16.5. The predicted molar refractivity (Wildman–Crippen MR) is 98.6 cm³/mol. The molecule has 4 rings (SSSR count). The van der Waals surface area contributed by atoms with Crippen molar-refractivity contribution in [3.05, 3.63) is 58.4 Å². The van der Waals surface area contributed by atoms with Crippen molar-refractivity contribution in [3.8, 4) is 11.4 Å². The first-order valence-electron chi connectivity index (χ1n) is 8.63. The second kappa shape index (κ2) is 6.11. The zero-order valence-electron chi connectivity index (χ0n) is 13.9. The minimum absolute atomic E-state index is 0.0825. The van der Waals surface area contributed by atoms with E-state index in [4.69, 9.17) is 0 Å². The smallest absolute Gasteiger partial charge is 0.259 e. The molecule has 2 heterocycles. The van der Waals surface area contributed by atoms with Gasteiger partial charge in [-0.2, -0.15) is 0 Å². The minimum atomic E-state index is -0.0825. The molecule has 3 aromatic rings. The summed E-state index contributed by atoms with van der Waals surface area (Å²) in [6.45, 7) is 4.44. The monoisotopic (exact) mass is 319 g/mol. The van der Waals surface area contributed by atoms with Gasteiger partial charge in [-0.05, 0) is 55.2 Å². The van der Waals surface area contributed by atoms with Crippen LogP contribution in [0.25, 0.3) is 22.3 Å².